The van der Waals surface area contributed by atoms with Gasteiger partial charge in [-0.3, -0.25) is 4.31 Å². The largest absolute Gasteiger partial charge is 0.331 e. The van der Waals surface area contributed by atoms with Gasteiger partial charge in [-0.05, 0) is 49.6 Å². The zero-order chi connectivity index (χ0) is 18.7. The Hall–Kier alpha value is -2.54. The molecule has 0 saturated carbocycles. The summed E-state index contributed by atoms with van der Waals surface area (Å²) in [5.74, 6) is 0.166. The van der Waals surface area contributed by atoms with Crippen molar-refractivity contribution >= 4 is 27.4 Å². The second-order valence-electron chi connectivity index (χ2n) is 6.47. The Morgan fingerprint density at radius 2 is 1.92 bits per heavy atom. The van der Waals surface area contributed by atoms with Crippen LogP contribution in [0.2, 0.25) is 0 Å². The highest BCUT2D eigenvalue weighted by molar-refractivity contribution is 7.93. The fraction of sp³-hybridized carbons (Fsp3) is 0.316. The van der Waals surface area contributed by atoms with Crippen LogP contribution in [0, 0.1) is 6.92 Å². The first kappa shape index (κ1) is 18.3. The summed E-state index contributed by atoms with van der Waals surface area (Å²) >= 11 is 0. The predicted molar refractivity (Wildman–Crippen MR) is 104 cm³/mol. The van der Waals surface area contributed by atoms with Gasteiger partial charge >= 0.3 is 6.03 Å². The Kier molecular flexibility index (Phi) is 5.18. The Morgan fingerprint density at radius 3 is 2.62 bits per heavy atom. The van der Waals surface area contributed by atoms with E-state index in [0.29, 0.717) is 24.3 Å². The average Bonchev–Trinajstić information content (AvgIpc) is 2.94. The number of nitrogens with zero attached hydrogens (tertiary/aromatic N) is 1. The van der Waals surface area contributed by atoms with Gasteiger partial charge in [-0.2, -0.15) is 0 Å². The molecule has 0 bridgehead atoms. The lowest BCUT2D eigenvalue weighted by molar-refractivity contribution is 0.249. The zero-order valence-corrected chi connectivity index (χ0v) is 15.7. The van der Waals surface area contributed by atoms with Crippen molar-refractivity contribution in [1.82, 2.24) is 5.32 Å². The average molecular weight is 373 g/mol. The van der Waals surface area contributed by atoms with Crippen LogP contribution in [0.4, 0.5) is 16.2 Å². The number of benzene rings is 2. The maximum Gasteiger partial charge on any atom is 0.319 e. The topological polar surface area (TPSA) is 78.5 Å². The Labute approximate surface area is 154 Å². The molecule has 0 aliphatic carbocycles. The molecule has 6 nitrogen and oxygen atoms in total. The molecule has 2 amide bonds. The van der Waals surface area contributed by atoms with Gasteiger partial charge in [0, 0.05) is 12.2 Å². The van der Waals surface area contributed by atoms with E-state index in [1.165, 1.54) is 4.31 Å². The van der Waals surface area contributed by atoms with Crippen molar-refractivity contribution in [1.29, 1.82) is 0 Å². The summed E-state index contributed by atoms with van der Waals surface area (Å²) in [7, 11) is -3.24. The molecule has 1 heterocycles. The summed E-state index contributed by atoms with van der Waals surface area (Å²) in [6, 6.07) is 14.3. The van der Waals surface area contributed by atoms with Gasteiger partial charge in [0.2, 0.25) is 10.0 Å². The van der Waals surface area contributed by atoms with Gasteiger partial charge in [0.1, 0.15) is 0 Å². The van der Waals surface area contributed by atoms with Gasteiger partial charge in [0.15, 0.2) is 0 Å². The number of carbonyl (C=O) groups excluding carboxylic acids is 1. The zero-order valence-electron chi connectivity index (χ0n) is 14.9. The van der Waals surface area contributed by atoms with E-state index in [1.54, 1.807) is 24.3 Å². The molecule has 2 aromatic rings. The van der Waals surface area contributed by atoms with Gasteiger partial charge in [-0.25, -0.2) is 13.2 Å². The lowest BCUT2D eigenvalue weighted by atomic mass is 10.0. The van der Waals surface area contributed by atoms with Crippen molar-refractivity contribution in [3.63, 3.8) is 0 Å². The van der Waals surface area contributed by atoms with Crippen LogP contribution in [0.15, 0.2) is 48.5 Å². The number of nitrogens with one attached hydrogen (secondary N) is 2. The molecular weight excluding hydrogens is 350 g/mol. The van der Waals surface area contributed by atoms with Crippen molar-refractivity contribution in [3.05, 3.63) is 59.7 Å². The maximum absolute atomic E-state index is 12.3. The third kappa shape index (κ3) is 3.99. The monoisotopic (exact) mass is 373 g/mol. The van der Waals surface area contributed by atoms with Crippen molar-refractivity contribution in [2.45, 2.75) is 26.3 Å². The molecule has 0 radical (unpaired) electrons. The molecule has 1 atom stereocenters. The van der Waals surface area contributed by atoms with E-state index in [2.05, 4.69) is 10.6 Å². The van der Waals surface area contributed by atoms with Gasteiger partial charge in [0.05, 0.1) is 17.5 Å². The fourth-order valence-electron chi connectivity index (χ4n) is 3.18. The summed E-state index contributed by atoms with van der Waals surface area (Å²) < 4.78 is 25.5. The van der Waals surface area contributed by atoms with Gasteiger partial charge in [-0.1, -0.05) is 30.3 Å². The first-order valence-electron chi connectivity index (χ1n) is 8.60. The molecule has 3 rings (SSSR count). The van der Waals surface area contributed by atoms with Crippen molar-refractivity contribution in [2.24, 2.45) is 0 Å². The van der Waals surface area contributed by atoms with Crippen LogP contribution in [0.3, 0.4) is 0 Å². The molecule has 7 heteroatoms. The minimum Gasteiger partial charge on any atom is -0.331 e. The van der Waals surface area contributed by atoms with Crippen LogP contribution in [-0.2, 0) is 10.0 Å². The maximum atomic E-state index is 12.3. The van der Waals surface area contributed by atoms with Crippen molar-refractivity contribution in [2.75, 3.05) is 21.9 Å². The van der Waals surface area contributed by atoms with Gasteiger partial charge < -0.3 is 10.6 Å². The van der Waals surface area contributed by atoms with Crippen LogP contribution >= 0.6 is 0 Å². The molecule has 1 saturated heterocycles. The molecule has 2 N–H and O–H groups in total. The summed E-state index contributed by atoms with van der Waals surface area (Å²) in [4.78, 5) is 12.3. The molecule has 1 aliphatic heterocycles. The van der Waals surface area contributed by atoms with E-state index in [-0.39, 0.29) is 17.8 Å². The van der Waals surface area contributed by atoms with Crippen LogP contribution in [-0.4, -0.2) is 26.7 Å². The first-order valence-corrected chi connectivity index (χ1v) is 10.2. The fourth-order valence-corrected chi connectivity index (χ4v) is 4.74. The number of sulfonamides is 1. The summed E-state index contributed by atoms with van der Waals surface area (Å²) in [6.07, 6.45) is 0.619. The molecule has 1 aliphatic rings. The molecule has 2 aromatic carbocycles. The quantitative estimate of drug-likeness (QED) is 0.862. The molecular formula is C19H23N3O3S. The van der Waals surface area contributed by atoms with E-state index in [0.717, 1.165) is 11.1 Å². The normalized spacial score (nSPS) is 16.9. The minimum atomic E-state index is -3.24. The third-order valence-electron chi connectivity index (χ3n) is 4.49. The first-order chi connectivity index (χ1) is 12.4. The second kappa shape index (κ2) is 7.37. The van der Waals surface area contributed by atoms with Crippen LogP contribution in [0.1, 0.15) is 30.5 Å². The number of carbonyl (C=O) groups is 1. The number of rotatable bonds is 4. The minimum absolute atomic E-state index is 0.140. The van der Waals surface area contributed by atoms with Crippen LogP contribution < -0.4 is 14.9 Å². The Morgan fingerprint density at radius 1 is 1.15 bits per heavy atom. The number of urea groups is 1. The highest BCUT2D eigenvalue weighted by atomic mass is 32.2. The lowest BCUT2D eigenvalue weighted by Crippen LogP contribution is -2.31. The SMILES string of the molecule is Cc1ccccc1C(C)NC(=O)Nc1cccc(N2CCCS2(=O)=O)c1. The molecule has 0 aromatic heterocycles. The van der Waals surface area contributed by atoms with Crippen LogP contribution in [0.5, 0.6) is 0 Å². The predicted octanol–water partition coefficient (Wildman–Crippen LogP) is 3.42. The van der Waals surface area contributed by atoms with E-state index >= 15 is 0 Å². The highest BCUT2D eigenvalue weighted by Crippen LogP contribution is 2.26. The standard InChI is InChI=1S/C19H23N3O3S/c1-14-7-3-4-10-18(14)15(2)20-19(23)21-16-8-5-9-17(13-16)22-11-6-12-26(22,24)25/h3-5,7-10,13,15H,6,11-12H2,1-2H3,(H2,20,21,23). The van der Waals surface area contributed by atoms with E-state index < -0.39 is 10.0 Å². The van der Waals surface area contributed by atoms with E-state index in [1.807, 2.05) is 38.1 Å². The molecule has 26 heavy (non-hydrogen) atoms. The van der Waals surface area contributed by atoms with Gasteiger partial charge in [-0.15, -0.1) is 0 Å². The Bertz CT molecular complexity index is 912. The number of anilines is 2. The summed E-state index contributed by atoms with van der Waals surface area (Å²) in [5.41, 5.74) is 3.30. The number of amides is 2. The van der Waals surface area contributed by atoms with Crippen LogP contribution in [0.25, 0.3) is 0 Å². The smallest absolute Gasteiger partial charge is 0.319 e. The Balaban J connectivity index is 1.68. The number of hydrogen-bond acceptors (Lipinski definition) is 3. The third-order valence-corrected chi connectivity index (χ3v) is 6.36. The number of aryl methyl sites for hydroxylation is 1. The second-order valence-corrected chi connectivity index (χ2v) is 8.48. The highest BCUT2D eigenvalue weighted by Gasteiger charge is 2.28. The van der Waals surface area contributed by atoms with Crippen molar-refractivity contribution < 1.29 is 13.2 Å². The number of hydrogen-bond donors (Lipinski definition) is 2. The van der Waals surface area contributed by atoms with Crippen molar-refractivity contribution in [3.8, 4) is 0 Å². The summed E-state index contributed by atoms with van der Waals surface area (Å²) in [5, 5.41) is 5.69. The van der Waals surface area contributed by atoms with E-state index in [9.17, 15) is 13.2 Å². The molecule has 138 valence electrons. The van der Waals surface area contributed by atoms with Gasteiger partial charge in [0.25, 0.3) is 0 Å². The summed E-state index contributed by atoms with van der Waals surface area (Å²) in [6.45, 7) is 4.41. The lowest BCUT2D eigenvalue weighted by Gasteiger charge is -2.19. The molecule has 1 unspecified atom stereocenters. The van der Waals surface area contributed by atoms with E-state index in [4.69, 9.17) is 0 Å². The molecule has 0 spiro atoms. The molecule has 1 fully saturated rings.